The van der Waals surface area contributed by atoms with E-state index in [2.05, 4.69) is 50.8 Å². The Kier molecular flexibility index (Phi) is 5.49. The lowest BCUT2D eigenvalue weighted by Crippen LogP contribution is -2.20. The minimum absolute atomic E-state index is 0. The molecule has 1 atom stereocenters. The molecule has 0 saturated carbocycles. The van der Waals surface area contributed by atoms with Gasteiger partial charge in [0.05, 0.1) is 0 Å². The zero-order valence-corrected chi connectivity index (χ0v) is 13.4. The van der Waals surface area contributed by atoms with Crippen molar-refractivity contribution in [3.05, 3.63) is 59.3 Å². The molecule has 0 aromatic carbocycles. The molecule has 0 bridgehead atoms. The van der Waals surface area contributed by atoms with Crippen LogP contribution in [0.5, 0.6) is 0 Å². The molecule has 104 valence electrons. The van der Waals surface area contributed by atoms with Gasteiger partial charge in [-0.25, -0.2) is 0 Å². The van der Waals surface area contributed by atoms with Gasteiger partial charge in [-0.3, -0.25) is 0 Å². The highest BCUT2D eigenvalue weighted by Crippen LogP contribution is 2.44. The summed E-state index contributed by atoms with van der Waals surface area (Å²) >= 11 is 0. The molecule has 0 fully saturated rings. The van der Waals surface area contributed by atoms with E-state index in [0.29, 0.717) is 5.41 Å². The van der Waals surface area contributed by atoms with Crippen molar-refractivity contribution in [3.8, 4) is 0 Å². The summed E-state index contributed by atoms with van der Waals surface area (Å²) in [6.45, 7) is 10.7. The maximum absolute atomic E-state index is 3.95. The largest absolute Gasteiger partial charge is 0.197 e. The summed E-state index contributed by atoms with van der Waals surface area (Å²) in [5.74, 6) is 0. The molecule has 0 aromatic rings. The molecule has 0 nitrogen and oxygen atoms in total. The van der Waals surface area contributed by atoms with Gasteiger partial charge < -0.3 is 0 Å². The minimum Gasteiger partial charge on any atom is -0.197 e. The Hall–Kier alpha value is -0.950. The van der Waals surface area contributed by atoms with E-state index in [4.69, 9.17) is 0 Å². The first-order valence-corrected chi connectivity index (χ1v) is 7.00. The van der Waals surface area contributed by atoms with Crippen LogP contribution in [0.2, 0.25) is 0 Å². The van der Waals surface area contributed by atoms with Gasteiger partial charge in [0, 0.05) is 0 Å². The van der Waals surface area contributed by atoms with Gasteiger partial charge in [-0.1, -0.05) is 56.4 Å². The summed E-state index contributed by atoms with van der Waals surface area (Å²) in [4.78, 5) is 0. The van der Waals surface area contributed by atoms with Crippen LogP contribution >= 0.6 is 13.5 Å². The predicted molar refractivity (Wildman–Crippen MR) is 90.8 cm³/mol. The van der Waals surface area contributed by atoms with Crippen LogP contribution in [0.15, 0.2) is 59.3 Å². The van der Waals surface area contributed by atoms with Gasteiger partial charge in [-0.15, -0.1) is 0 Å². The number of fused-ring (bicyclic) bond motifs is 1. The van der Waals surface area contributed by atoms with Crippen molar-refractivity contribution in [2.45, 2.75) is 46.5 Å². The number of allylic oxidation sites excluding steroid dienone is 9. The van der Waals surface area contributed by atoms with Crippen LogP contribution in [0.3, 0.4) is 0 Å². The van der Waals surface area contributed by atoms with Crippen molar-refractivity contribution in [2.75, 3.05) is 0 Å². The smallest absolute Gasteiger partial charge is 0.00995 e. The number of hydrogen-bond donors (Lipinski definition) is 0. The van der Waals surface area contributed by atoms with Gasteiger partial charge in [0.2, 0.25) is 0 Å². The van der Waals surface area contributed by atoms with Crippen LogP contribution in [0.4, 0.5) is 0 Å². The van der Waals surface area contributed by atoms with Gasteiger partial charge in [0.1, 0.15) is 0 Å². The number of hydrogen-bond acceptors (Lipinski definition) is 0. The van der Waals surface area contributed by atoms with Gasteiger partial charge in [0.15, 0.2) is 0 Å². The fourth-order valence-electron chi connectivity index (χ4n) is 2.73. The molecule has 0 heterocycles. The lowest BCUT2D eigenvalue weighted by molar-refractivity contribution is 0.399. The second-order valence-corrected chi connectivity index (χ2v) is 5.89. The molecule has 2 rings (SSSR count). The normalized spacial score (nSPS) is 25.9. The van der Waals surface area contributed by atoms with Crippen molar-refractivity contribution in [2.24, 2.45) is 5.41 Å². The lowest BCUT2D eigenvalue weighted by Gasteiger charge is -2.34. The van der Waals surface area contributed by atoms with Crippen LogP contribution < -0.4 is 0 Å². The molecule has 0 amide bonds. The van der Waals surface area contributed by atoms with E-state index in [1.165, 1.54) is 36.8 Å². The Bertz CT molecular complexity index is 474. The van der Waals surface area contributed by atoms with Crippen molar-refractivity contribution in [1.82, 2.24) is 0 Å². The molecule has 0 saturated heterocycles. The molecule has 0 radical (unpaired) electrons. The Labute approximate surface area is 125 Å². The minimum atomic E-state index is 0. The molecule has 2 aliphatic carbocycles. The van der Waals surface area contributed by atoms with E-state index < -0.39 is 0 Å². The zero-order chi connectivity index (χ0) is 13.2. The van der Waals surface area contributed by atoms with Crippen LogP contribution in [-0.2, 0) is 0 Å². The third kappa shape index (κ3) is 3.76. The van der Waals surface area contributed by atoms with Crippen molar-refractivity contribution in [3.63, 3.8) is 0 Å². The monoisotopic (exact) mass is 274 g/mol. The lowest BCUT2D eigenvalue weighted by atomic mass is 9.70. The van der Waals surface area contributed by atoms with Crippen LogP contribution in [0, 0.1) is 5.41 Å². The third-order valence-electron chi connectivity index (χ3n) is 4.02. The second kappa shape index (κ2) is 6.47. The molecule has 0 aliphatic heterocycles. The van der Waals surface area contributed by atoms with Gasteiger partial charge in [-0.2, -0.15) is 13.5 Å². The second-order valence-electron chi connectivity index (χ2n) is 5.89. The first-order valence-electron chi connectivity index (χ1n) is 7.00. The van der Waals surface area contributed by atoms with E-state index in [1.807, 2.05) is 6.92 Å². The summed E-state index contributed by atoms with van der Waals surface area (Å²) in [5, 5.41) is 0. The van der Waals surface area contributed by atoms with E-state index in [1.54, 1.807) is 5.57 Å². The summed E-state index contributed by atoms with van der Waals surface area (Å²) in [6.07, 6.45) is 16.4. The highest BCUT2D eigenvalue weighted by Gasteiger charge is 2.29. The molecular formula is C18H26S. The Morgan fingerprint density at radius 1 is 1.37 bits per heavy atom. The fourth-order valence-corrected chi connectivity index (χ4v) is 2.73. The highest BCUT2D eigenvalue weighted by atomic mass is 32.1. The molecular weight excluding hydrogens is 248 g/mol. The average molecular weight is 274 g/mol. The zero-order valence-electron chi connectivity index (χ0n) is 12.4. The SMILES string of the molecule is C=C(C)/C=C/C1=CC(C)(CC)CC2=CCCC=C12.S. The standard InChI is InChI=1S/C18H24.H2S/c1-5-18(4)12-15-8-6-7-9-17(15)16(13-18)11-10-14(2)3;/h8-11,13H,2,5-7,12H2,1,3-4H3;1H2/b11-10+;. The molecule has 0 aromatic heterocycles. The summed E-state index contributed by atoms with van der Waals surface area (Å²) in [6, 6.07) is 0. The fraction of sp³-hybridized carbons (Fsp3) is 0.444. The van der Waals surface area contributed by atoms with E-state index in [-0.39, 0.29) is 13.5 Å². The molecule has 19 heavy (non-hydrogen) atoms. The Morgan fingerprint density at radius 2 is 2.05 bits per heavy atom. The maximum Gasteiger partial charge on any atom is -0.00995 e. The first kappa shape index (κ1) is 16.1. The Morgan fingerprint density at radius 3 is 2.68 bits per heavy atom. The van der Waals surface area contributed by atoms with Crippen molar-refractivity contribution < 1.29 is 0 Å². The quantitative estimate of drug-likeness (QED) is 0.585. The number of rotatable bonds is 3. The van der Waals surface area contributed by atoms with Crippen LogP contribution in [0.1, 0.15) is 46.5 Å². The van der Waals surface area contributed by atoms with Crippen molar-refractivity contribution in [1.29, 1.82) is 0 Å². The van der Waals surface area contributed by atoms with E-state index >= 15 is 0 Å². The predicted octanol–water partition coefficient (Wildman–Crippen LogP) is 5.62. The van der Waals surface area contributed by atoms with Gasteiger partial charge >= 0.3 is 0 Å². The molecule has 1 unspecified atom stereocenters. The van der Waals surface area contributed by atoms with E-state index in [9.17, 15) is 0 Å². The molecule has 1 heteroatoms. The van der Waals surface area contributed by atoms with E-state index in [0.717, 1.165) is 5.57 Å². The highest BCUT2D eigenvalue weighted by molar-refractivity contribution is 7.59. The van der Waals surface area contributed by atoms with Crippen LogP contribution in [-0.4, -0.2) is 0 Å². The first-order chi connectivity index (χ1) is 8.54. The summed E-state index contributed by atoms with van der Waals surface area (Å²) < 4.78 is 0. The topological polar surface area (TPSA) is 0 Å². The Balaban J connectivity index is 0.00000180. The molecule has 0 N–H and O–H groups in total. The molecule has 0 spiro atoms. The van der Waals surface area contributed by atoms with Gasteiger partial charge in [-0.05, 0) is 54.7 Å². The third-order valence-corrected chi connectivity index (χ3v) is 4.02. The van der Waals surface area contributed by atoms with Crippen LogP contribution in [0.25, 0.3) is 0 Å². The average Bonchev–Trinajstić information content (AvgIpc) is 2.35. The van der Waals surface area contributed by atoms with Gasteiger partial charge in [0.25, 0.3) is 0 Å². The maximum atomic E-state index is 3.95. The summed E-state index contributed by atoms with van der Waals surface area (Å²) in [5.41, 5.74) is 5.83. The van der Waals surface area contributed by atoms with Crippen molar-refractivity contribution >= 4 is 13.5 Å². The summed E-state index contributed by atoms with van der Waals surface area (Å²) in [7, 11) is 0. The molecule has 2 aliphatic rings.